The lowest BCUT2D eigenvalue weighted by molar-refractivity contribution is 0.412. The van der Waals surface area contributed by atoms with Crippen LogP contribution < -0.4 is 10.6 Å². The fraction of sp³-hybridized carbons (Fsp3) is 0.636. The van der Waals surface area contributed by atoms with Crippen molar-refractivity contribution in [3.63, 3.8) is 0 Å². The maximum atomic E-state index is 5.66. The summed E-state index contributed by atoms with van der Waals surface area (Å²) in [6, 6.07) is 1.82. The molecule has 0 aromatic carbocycles. The molecular weight excluding hydrogens is 202 g/mol. The van der Waals surface area contributed by atoms with Gasteiger partial charge in [-0.2, -0.15) is 0 Å². The average Bonchev–Trinajstić information content (AvgIpc) is 2.24. The number of hydrogen-bond donors (Lipinski definition) is 1. The number of rotatable bonds is 6. The first-order valence-corrected chi connectivity index (χ1v) is 5.60. The number of anilines is 2. The fourth-order valence-electron chi connectivity index (χ4n) is 1.47. The molecule has 0 bridgehead atoms. The van der Waals surface area contributed by atoms with E-state index in [4.69, 9.17) is 5.73 Å². The van der Waals surface area contributed by atoms with E-state index in [0.717, 1.165) is 31.9 Å². The summed E-state index contributed by atoms with van der Waals surface area (Å²) >= 11 is 0. The maximum absolute atomic E-state index is 5.66. The molecule has 0 saturated carbocycles. The van der Waals surface area contributed by atoms with Gasteiger partial charge in [0.25, 0.3) is 0 Å². The molecule has 90 valence electrons. The number of nitrogens with zero attached hydrogens (tertiary/aromatic N) is 4. The lowest BCUT2D eigenvalue weighted by Gasteiger charge is -2.24. The summed E-state index contributed by atoms with van der Waals surface area (Å²) in [6.45, 7) is 5.11. The topological polar surface area (TPSA) is 58.3 Å². The van der Waals surface area contributed by atoms with Crippen LogP contribution in [-0.2, 0) is 0 Å². The lowest BCUT2D eigenvalue weighted by Crippen LogP contribution is -2.33. The van der Waals surface area contributed by atoms with E-state index in [0.29, 0.717) is 5.82 Å². The monoisotopic (exact) mass is 223 g/mol. The molecule has 0 unspecified atom stereocenters. The zero-order chi connectivity index (χ0) is 12.0. The molecular formula is C11H21N5. The molecule has 16 heavy (non-hydrogen) atoms. The van der Waals surface area contributed by atoms with Gasteiger partial charge in [-0.15, -0.1) is 0 Å². The second-order valence-corrected chi connectivity index (χ2v) is 4.09. The number of hydrogen-bond acceptors (Lipinski definition) is 5. The normalized spacial score (nSPS) is 10.8. The van der Waals surface area contributed by atoms with Gasteiger partial charge in [-0.25, -0.2) is 9.97 Å². The third-order valence-electron chi connectivity index (χ3n) is 2.31. The van der Waals surface area contributed by atoms with Gasteiger partial charge >= 0.3 is 0 Å². The van der Waals surface area contributed by atoms with Crippen molar-refractivity contribution >= 4 is 11.6 Å². The quantitative estimate of drug-likeness (QED) is 0.774. The van der Waals surface area contributed by atoms with E-state index in [9.17, 15) is 0 Å². The largest absolute Gasteiger partial charge is 0.384 e. The molecule has 0 atom stereocenters. The molecule has 2 N–H and O–H groups in total. The van der Waals surface area contributed by atoms with Gasteiger partial charge < -0.3 is 15.5 Å². The molecule has 0 spiro atoms. The van der Waals surface area contributed by atoms with Crippen LogP contribution in [0.5, 0.6) is 0 Å². The third kappa shape index (κ3) is 4.02. The van der Waals surface area contributed by atoms with E-state index in [2.05, 4.69) is 40.8 Å². The minimum atomic E-state index is 0.524. The Morgan fingerprint density at radius 1 is 1.19 bits per heavy atom. The van der Waals surface area contributed by atoms with Crippen molar-refractivity contribution in [1.82, 2.24) is 14.9 Å². The van der Waals surface area contributed by atoms with Crippen LogP contribution in [0.25, 0.3) is 0 Å². The van der Waals surface area contributed by atoms with Crippen LogP contribution in [0.1, 0.15) is 13.3 Å². The molecule has 0 aliphatic carbocycles. The van der Waals surface area contributed by atoms with E-state index < -0.39 is 0 Å². The molecule has 5 heteroatoms. The number of likely N-dealkylation sites (N-methyl/N-ethyl adjacent to an activating group) is 1. The highest BCUT2D eigenvalue weighted by Crippen LogP contribution is 2.12. The van der Waals surface area contributed by atoms with Gasteiger partial charge in [0.05, 0.1) is 0 Å². The molecule has 0 aliphatic rings. The highest BCUT2D eigenvalue weighted by atomic mass is 15.2. The fourth-order valence-corrected chi connectivity index (χ4v) is 1.47. The molecule has 1 rings (SSSR count). The molecule has 1 aromatic heterocycles. The van der Waals surface area contributed by atoms with Gasteiger partial charge in [0.1, 0.15) is 18.0 Å². The summed E-state index contributed by atoms with van der Waals surface area (Å²) in [6.07, 6.45) is 2.61. The Balaban J connectivity index is 2.68. The van der Waals surface area contributed by atoms with Crippen molar-refractivity contribution in [2.24, 2.45) is 0 Å². The van der Waals surface area contributed by atoms with Gasteiger partial charge in [0.2, 0.25) is 0 Å². The van der Waals surface area contributed by atoms with Crippen molar-refractivity contribution in [2.75, 3.05) is 44.4 Å². The summed E-state index contributed by atoms with van der Waals surface area (Å²) < 4.78 is 0. The predicted molar refractivity (Wildman–Crippen MR) is 67.5 cm³/mol. The summed E-state index contributed by atoms with van der Waals surface area (Å²) in [7, 11) is 4.14. The average molecular weight is 223 g/mol. The molecule has 5 nitrogen and oxygen atoms in total. The second-order valence-electron chi connectivity index (χ2n) is 4.09. The highest BCUT2D eigenvalue weighted by molar-refractivity contribution is 5.45. The molecule has 1 heterocycles. The Bertz CT molecular complexity index is 313. The van der Waals surface area contributed by atoms with E-state index >= 15 is 0 Å². The Labute approximate surface area is 97.3 Å². The number of aromatic nitrogens is 2. The SMILES string of the molecule is CCCN(CCN(C)C)c1cc(N)ncn1. The standard InChI is InChI=1S/C11H21N5/c1-4-5-16(7-6-15(2)3)11-8-10(12)13-9-14-11/h8-9H,4-7H2,1-3H3,(H2,12,13,14). The maximum Gasteiger partial charge on any atom is 0.134 e. The first-order chi connectivity index (χ1) is 7.63. The number of nitrogen functional groups attached to an aromatic ring is 1. The van der Waals surface area contributed by atoms with Crippen molar-refractivity contribution < 1.29 is 0 Å². The van der Waals surface area contributed by atoms with Gasteiger partial charge in [-0.05, 0) is 20.5 Å². The zero-order valence-electron chi connectivity index (χ0n) is 10.3. The van der Waals surface area contributed by atoms with Gasteiger partial charge in [-0.1, -0.05) is 6.92 Å². The Kier molecular flexibility index (Phi) is 4.98. The molecule has 0 aliphatic heterocycles. The lowest BCUT2D eigenvalue weighted by atomic mass is 10.3. The van der Waals surface area contributed by atoms with Crippen LogP contribution in [0.3, 0.4) is 0 Å². The minimum Gasteiger partial charge on any atom is -0.384 e. The van der Waals surface area contributed by atoms with Crippen LogP contribution in [0.2, 0.25) is 0 Å². The van der Waals surface area contributed by atoms with Crippen LogP contribution in [0.4, 0.5) is 11.6 Å². The summed E-state index contributed by atoms with van der Waals surface area (Å²) in [4.78, 5) is 12.6. The Morgan fingerprint density at radius 2 is 1.94 bits per heavy atom. The predicted octanol–water partition coefficient (Wildman–Crippen LogP) is 0.837. The van der Waals surface area contributed by atoms with E-state index in [1.165, 1.54) is 6.33 Å². The molecule has 0 fully saturated rings. The van der Waals surface area contributed by atoms with Gasteiger partial charge in [-0.3, -0.25) is 0 Å². The van der Waals surface area contributed by atoms with Crippen LogP contribution in [0, 0.1) is 0 Å². The van der Waals surface area contributed by atoms with Gasteiger partial charge in [0, 0.05) is 25.7 Å². The molecule has 1 aromatic rings. The van der Waals surface area contributed by atoms with Gasteiger partial charge in [0.15, 0.2) is 0 Å². The Hall–Kier alpha value is -1.36. The van der Waals surface area contributed by atoms with Crippen molar-refractivity contribution in [2.45, 2.75) is 13.3 Å². The highest BCUT2D eigenvalue weighted by Gasteiger charge is 2.07. The van der Waals surface area contributed by atoms with Crippen LogP contribution >= 0.6 is 0 Å². The molecule has 0 saturated heterocycles. The number of nitrogens with two attached hydrogens (primary N) is 1. The van der Waals surface area contributed by atoms with E-state index in [1.807, 2.05) is 6.07 Å². The van der Waals surface area contributed by atoms with Crippen molar-refractivity contribution in [1.29, 1.82) is 0 Å². The van der Waals surface area contributed by atoms with Crippen LogP contribution in [-0.4, -0.2) is 48.6 Å². The van der Waals surface area contributed by atoms with Crippen molar-refractivity contribution in [3.8, 4) is 0 Å². The first kappa shape index (κ1) is 12.7. The molecule has 0 radical (unpaired) electrons. The second kappa shape index (κ2) is 6.27. The van der Waals surface area contributed by atoms with Crippen LogP contribution in [0.15, 0.2) is 12.4 Å². The summed E-state index contributed by atoms with van der Waals surface area (Å²) in [5.41, 5.74) is 5.66. The van der Waals surface area contributed by atoms with E-state index in [1.54, 1.807) is 0 Å². The zero-order valence-corrected chi connectivity index (χ0v) is 10.3. The van der Waals surface area contributed by atoms with E-state index in [-0.39, 0.29) is 0 Å². The van der Waals surface area contributed by atoms with Crippen molar-refractivity contribution in [3.05, 3.63) is 12.4 Å². The smallest absolute Gasteiger partial charge is 0.134 e. The molecule has 0 amide bonds. The third-order valence-corrected chi connectivity index (χ3v) is 2.31. The first-order valence-electron chi connectivity index (χ1n) is 5.60. The summed E-state index contributed by atoms with van der Waals surface area (Å²) in [5, 5.41) is 0. The Morgan fingerprint density at radius 3 is 2.50 bits per heavy atom. The summed E-state index contributed by atoms with van der Waals surface area (Å²) in [5.74, 6) is 1.44. The minimum absolute atomic E-state index is 0.524.